The summed E-state index contributed by atoms with van der Waals surface area (Å²) in [6.45, 7) is 9.19. The fraction of sp³-hybridized carbons (Fsp3) is 0.0476. The Kier molecular flexibility index (Phi) is 4.59. The minimum atomic E-state index is 0.361. The van der Waals surface area contributed by atoms with Crippen molar-refractivity contribution in [2.75, 3.05) is 5.32 Å². The minimum Gasteiger partial charge on any atom is -0.415 e. The Hall–Kier alpha value is -3.94. The van der Waals surface area contributed by atoms with Gasteiger partial charge in [-0.15, -0.1) is 10.2 Å². The Balaban J connectivity index is 1.64. The molecule has 0 aliphatic carbocycles. The Morgan fingerprint density at radius 3 is 2.75 bits per heavy atom. The van der Waals surface area contributed by atoms with Crippen LogP contribution in [0.3, 0.4) is 0 Å². The average Bonchev–Trinajstić information content (AvgIpc) is 3.42. The first-order chi connectivity index (χ1) is 13.7. The number of nitrogens with zero attached hydrogens (tertiary/aromatic N) is 4. The number of benzene rings is 2. The van der Waals surface area contributed by atoms with E-state index in [1.165, 1.54) is 0 Å². The first kappa shape index (κ1) is 17.5. The number of nitriles is 1. The largest absolute Gasteiger partial charge is 0.415 e. The lowest BCUT2D eigenvalue weighted by atomic mass is 10.1. The molecule has 1 N–H and O–H groups in total. The summed E-state index contributed by atoms with van der Waals surface area (Å²) in [5, 5.41) is 23.4. The highest BCUT2D eigenvalue weighted by Gasteiger charge is 2.14. The van der Waals surface area contributed by atoms with E-state index in [0.717, 1.165) is 21.3 Å². The van der Waals surface area contributed by atoms with Crippen LogP contribution in [0.1, 0.15) is 18.4 Å². The molecule has 0 unspecified atom stereocenters. The molecule has 134 valence electrons. The predicted molar refractivity (Wildman–Crippen MR) is 110 cm³/mol. The average molecular weight is 383 g/mol. The predicted octanol–water partition coefficient (Wildman–Crippen LogP) is 5.85. The van der Waals surface area contributed by atoms with Gasteiger partial charge in [0.1, 0.15) is 0 Å². The lowest BCUT2D eigenvalue weighted by Gasteiger charge is -2.09. The molecule has 2 aromatic carbocycles. The monoisotopic (exact) mass is 383 g/mol. The van der Waals surface area contributed by atoms with Crippen molar-refractivity contribution < 1.29 is 4.42 Å². The Bertz CT molecular complexity index is 1270. The van der Waals surface area contributed by atoms with Crippen LogP contribution < -0.4 is 5.32 Å². The van der Waals surface area contributed by atoms with E-state index in [1.807, 2.05) is 30.5 Å². The van der Waals surface area contributed by atoms with Crippen LogP contribution in [-0.4, -0.2) is 10.2 Å². The van der Waals surface area contributed by atoms with Gasteiger partial charge in [0.05, 0.1) is 23.9 Å². The molecule has 0 atom stereocenters. The molecule has 0 aliphatic rings. The smallest absolute Gasteiger partial charge is 0.264 e. The molecule has 0 bridgehead atoms. The maximum absolute atomic E-state index is 8.91. The van der Waals surface area contributed by atoms with E-state index in [-0.39, 0.29) is 0 Å². The Morgan fingerprint density at radius 1 is 1.21 bits per heavy atom. The van der Waals surface area contributed by atoms with E-state index in [4.69, 9.17) is 16.3 Å². The SMILES string of the molecule is [C-]#[N+]c1ccc(NC(=CC)c2nnc(-c3ccc(C#N)cc3)o2)c2ccsc12. The number of hydrogen-bond donors (Lipinski definition) is 1. The van der Waals surface area contributed by atoms with Gasteiger partial charge in [0.2, 0.25) is 11.6 Å². The summed E-state index contributed by atoms with van der Waals surface area (Å²) in [7, 11) is 0. The molecule has 6 nitrogen and oxygen atoms in total. The van der Waals surface area contributed by atoms with E-state index < -0.39 is 0 Å². The zero-order valence-electron chi connectivity index (χ0n) is 14.8. The molecule has 28 heavy (non-hydrogen) atoms. The second-order valence-corrected chi connectivity index (χ2v) is 6.75. The Morgan fingerprint density at radius 2 is 2.04 bits per heavy atom. The van der Waals surface area contributed by atoms with E-state index in [1.54, 1.807) is 41.7 Å². The molecule has 0 spiro atoms. The van der Waals surface area contributed by atoms with Crippen LogP contribution in [0.15, 0.2) is 58.3 Å². The van der Waals surface area contributed by atoms with Crippen molar-refractivity contribution in [2.45, 2.75) is 6.92 Å². The van der Waals surface area contributed by atoms with E-state index in [2.05, 4.69) is 26.4 Å². The van der Waals surface area contributed by atoms with Gasteiger partial charge >= 0.3 is 0 Å². The quantitative estimate of drug-likeness (QED) is 0.447. The van der Waals surface area contributed by atoms with Gasteiger partial charge in [0.15, 0.2) is 0 Å². The summed E-state index contributed by atoms with van der Waals surface area (Å²) in [6.07, 6.45) is 1.86. The molecule has 4 aromatic rings. The molecular weight excluding hydrogens is 370 g/mol. The lowest BCUT2D eigenvalue weighted by molar-refractivity contribution is 0.553. The molecule has 0 fully saturated rings. The van der Waals surface area contributed by atoms with Gasteiger partial charge in [-0.2, -0.15) is 16.6 Å². The highest BCUT2D eigenvalue weighted by atomic mass is 32.1. The van der Waals surface area contributed by atoms with Crippen molar-refractivity contribution in [1.82, 2.24) is 10.2 Å². The summed E-state index contributed by atoms with van der Waals surface area (Å²) >= 11 is 1.54. The standard InChI is InChI=1S/C21H13N5OS/c1-3-16(24-17-8-9-18(23-2)19-15(17)10-11-28-19)21-26-25-20(27-21)14-6-4-13(12-22)5-7-14/h3-11,24H,1H3. The molecule has 7 heteroatoms. The molecule has 0 radical (unpaired) electrons. The van der Waals surface area contributed by atoms with E-state index >= 15 is 0 Å². The summed E-state index contributed by atoms with van der Waals surface area (Å²) in [5.74, 6) is 0.740. The second-order valence-electron chi connectivity index (χ2n) is 5.84. The first-order valence-electron chi connectivity index (χ1n) is 8.39. The van der Waals surface area contributed by atoms with Gasteiger partial charge in [-0.05, 0) is 48.7 Å². The minimum absolute atomic E-state index is 0.361. The maximum Gasteiger partial charge on any atom is 0.264 e. The van der Waals surface area contributed by atoms with Gasteiger partial charge in [-0.1, -0.05) is 12.1 Å². The molecule has 0 saturated carbocycles. The van der Waals surface area contributed by atoms with Crippen molar-refractivity contribution in [2.24, 2.45) is 0 Å². The number of aromatic nitrogens is 2. The fourth-order valence-electron chi connectivity index (χ4n) is 2.77. The number of hydrogen-bond acceptors (Lipinski definition) is 6. The van der Waals surface area contributed by atoms with Crippen LogP contribution in [0.25, 0.3) is 32.1 Å². The zero-order chi connectivity index (χ0) is 19.5. The normalized spacial score (nSPS) is 11.2. The summed E-state index contributed by atoms with van der Waals surface area (Å²) in [5.41, 5.74) is 3.50. The van der Waals surface area contributed by atoms with Crippen molar-refractivity contribution >= 4 is 38.5 Å². The van der Waals surface area contributed by atoms with Crippen molar-refractivity contribution in [3.63, 3.8) is 0 Å². The van der Waals surface area contributed by atoms with Gasteiger partial charge in [0, 0.05) is 21.3 Å². The summed E-state index contributed by atoms with van der Waals surface area (Å²) < 4.78 is 6.77. The van der Waals surface area contributed by atoms with Crippen molar-refractivity contribution in [3.8, 4) is 17.5 Å². The van der Waals surface area contributed by atoms with Crippen LogP contribution in [0, 0.1) is 17.9 Å². The number of thiophene rings is 1. The molecule has 0 amide bonds. The maximum atomic E-state index is 8.91. The number of nitrogens with one attached hydrogen (secondary N) is 1. The molecular formula is C21H13N5OS. The molecule has 4 rings (SSSR count). The second kappa shape index (κ2) is 7.36. The summed E-state index contributed by atoms with van der Waals surface area (Å²) in [6, 6.07) is 14.7. The first-order valence-corrected chi connectivity index (χ1v) is 9.27. The number of anilines is 1. The lowest BCUT2D eigenvalue weighted by Crippen LogP contribution is -1.99. The van der Waals surface area contributed by atoms with Crippen LogP contribution in [-0.2, 0) is 0 Å². The van der Waals surface area contributed by atoms with Crippen LogP contribution in [0.2, 0.25) is 0 Å². The number of rotatable bonds is 4. The van der Waals surface area contributed by atoms with Gasteiger partial charge in [0.25, 0.3) is 5.89 Å². The zero-order valence-corrected chi connectivity index (χ0v) is 15.6. The fourth-order valence-corrected chi connectivity index (χ4v) is 3.65. The van der Waals surface area contributed by atoms with Crippen molar-refractivity contribution in [3.05, 3.63) is 76.8 Å². The van der Waals surface area contributed by atoms with Gasteiger partial charge < -0.3 is 9.73 Å². The third kappa shape index (κ3) is 3.11. The van der Waals surface area contributed by atoms with Gasteiger partial charge in [-0.3, -0.25) is 0 Å². The highest BCUT2D eigenvalue weighted by Crippen LogP contribution is 2.37. The summed E-state index contributed by atoms with van der Waals surface area (Å²) in [4.78, 5) is 3.58. The van der Waals surface area contributed by atoms with Crippen molar-refractivity contribution in [1.29, 1.82) is 5.26 Å². The van der Waals surface area contributed by atoms with E-state index in [9.17, 15) is 0 Å². The third-order valence-electron chi connectivity index (χ3n) is 4.19. The molecule has 0 aliphatic heterocycles. The highest BCUT2D eigenvalue weighted by molar-refractivity contribution is 7.18. The van der Waals surface area contributed by atoms with Crippen LogP contribution >= 0.6 is 11.3 Å². The molecule has 0 saturated heterocycles. The topological polar surface area (TPSA) is 79.1 Å². The van der Waals surface area contributed by atoms with Crippen LogP contribution in [0.5, 0.6) is 0 Å². The molecule has 2 aromatic heterocycles. The number of fused-ring (bicyclic) bond motifs is 1. The third-order valence-corrected chi connectivity index (χ3v) is 5.13. The number of allylic oxidation sites excluding steroid dienone is 1. The van der Waals surface area contributed by atoms with E-state index in [0.29, 0.717) is 28.7 Å². The van der Waals surface area contributed by atoms with Gasteiger partial charge in [-0.25, -0.2) is 4.85 Å². The Labute approximate surface area is 165 Å². The molecule has 2 heterocycles. The van der Waals surface area contributed by atoms with Crippen LogP contribution in [0.4, 0.5) is 11.4 Å².